The van der Waals surface area contributed by atoms with Gasteiger partial charge in [-0.15, -0.1) is 0 Å². The van der Waals surface area contributed by atoms with Crippen LogP contribution in [0.1, 0.15) is 28.8 Å². The summed E-state index contributed by atoms with van der Waals surface area (Å²) in [5.74, 6) is 0.0597. The largest absolute Gasteiger partial charge is 0.352 e. The summed E-state index contributed by atoms with van der Waals surface area (Å²) in [7, 11) is 0. The highest BCUT2D eigenvalue weighted by Crippen LogP contribution is 2.30. The van der Waals surface area contributed by atoms with Crippen molar-refractivity contribution in [3.63, 3.8) is 0 Å². The highest BCUT2D eigenvalue weighted by atomic mass is 16.2. The topological polar surface area (TPSA) is 58.2 Å². The molecule has 4 rings (SSSR count). The number of fused-ring (bicyclic) bond motifs is 1. The molecule has 0 saturated heterocycles. The fourth-order valence-electron chi connectivity index (χ4n) is 3.25. The molecule has 1 aliphatic rings. The number of rotatable bonds is 6. The van der Waals surface area contributed by atoms with Crippen LogP contribution >= 0.6 is 0 Å². The average Bonchev–Trinajstić information content (AvgIpc) is 3.54. The third-order valence-corrected chi connectivity index (χ3v) is 4.90. The van der Waals surface area contributed by atoms with Crippen molar-refractivity contribution in [3.05, 3.63) is 77.9 Å². The number of hydrogen-bond donors (Lipinski definition) is 2. The summed E-state index contributed by atoms with van der Waals surface area (Å²) in [6.45, 7) is 0.561. The Hall–Kier alpha value is -3.14. The molecule has 1 saturated carbocycles. The lowest BCUT2D eigenvalue weighted by Gasteiger charge is -2.09. The molecule has 3 aromatic carbocycles. The molecule has 2 N–H and O–H groups in total. The van der Waals surface area contributed by atoms with Crippen LogP contribution in [0.5, 0.6) is 0 Å². The first-order valence-corrected chi connectivity index (χ1v) is 9.36. The van der Waals surface area contributed by atoms with E-state index in [1.165, 1.54) is 16.3 Å². The normalized spacial score (nSPS) is 13.3. The number of carbonyl (C=O) groups excluding carboxylic acids is 2. The number of anilines is 1. The molecule has 1 aliphatic carbocycles. The molecule has 0 atom stereocenters. The van der Waals surface area contributed by atoms with E-state index in [-0.39, 0.29) is 17.7 Å². The van der Waals surface area contributed by atoms with Gasteiger partial charge in [0.05, 0.1) is 0 Å². The summed E-state index contributed by atoms with van der Waals surface area (Å²) < 4.78 is 0. The van der Waals surface area contributed by atoms with E-state index in [0.717, 1.165) is 19.3 Å². The van der Waals surface area contributed by atoms with Gasteiger partial charge in [0, 0.05) is 23.7 Å². The third kappa shape index (κ3) is 4.17. The maximum Gasteiger partial charge on any atom is 0.251 e. The van der Waals surface area contributed by atoms with E-state index >= 15 is 0 Å². The average molecular weight is 358 g/mol. The predicted octanol–water partition coefficient (Wildman–Crippen LogP) is 4.16. The van der Waals surface area contributed by atoms with Gasteiger partial charge < -0.3 is 10.6 Å². The molecular formula is C23H22N2O2. The van der Waals surface area contributed by atoms with E-state index < -0.39 is 0 Å². The molecule has 4 nitrogen and oxygen atoms in total. The molecule has 2 amide bonds. The first-order valence-electron chi connectivity index (χ1n) is 9.36. The van der Waals surface area contributed by atoms with E-state index in [1.54, 1.807) is 18.2 Å². The van der Waals surface area contributed by atoms with Gasteiger partial charge in [-0.2, -0.15) is 0 Å². The lowest BCUT2D eigenvalue weighted by Crippen LogP contribution is -2.26. The van der Waals surface area contributed by atoms with Crippen molar-refractivity contribution in [1.29, 1.82) is 0 Å². The van der Waals surface area contributed by atoms with Crippen LogP contribution in [-0.4, -0.2) is 18.4 Å². The van der Waals surface area contributed by atoms with Crippen LogP contribution in [0, 0.1) is 5.92 Å². The van der Waals surface area contributed by atoms with Crippen molar-refractivity contribution >= 4 is 28.3 Å². The molecule has 27 heavy (non-hydrogen) atoms. The van der Waals surface area contributed by atoms with Crippen molar-refractivity contribution in [3.8, 4) is 0 Å². The molecule has 0 unspecified atom stereocenters. The number of hydrogen-bond acceptors (Lipinski definition) is 2. The van der Waals surface area contributed by atoms with Crippen LogP contribution in [0.3, 0.4) is 0 Å². The fourth-order valence-corrected chi connectivity index (χ4v) is 3.25. The van der Waals surface area contributed by atoms with Crippen LogP contribution in [-0.2, 0) is 11.2 Å². The second-order valence-corrected chi connectivity index (χ2v) is 6.99. The van der Waals surface area contributed by atoms with Crippen LogP contribution in [0.2, 0.25) is 0 Å². The number of carbonyl (C=O) groups is 2. The van der Waals surface area contributed by atoms with Crippen molar-refractivity contribution < 1.29 is 9.59 Å². The molecule has 0 aromatic heterocycles. The van der Waals surface area contributed by atoms with E-state index in [9.17, 15) is 9.59 Å². The van der Waals surface area contributed by atoms with E-state index in [2.05, 4.69) is 34.9 Å². The van der Waals surface area contributed by atoms with Gasteiger partial charge in [-0.1, -0.05) is 48.5 Å². The molecular weight excluding hydrogens is 336 g/mol. The summed E-state index contributed by atoms with van der Waals surface area (Å²) in [6.07, 6.45) is 2.69. The summed E-state index contributed by atoms with van der Waals surface area (Å²) in [6, 6.07) is 21.6. The van der Waals surface area contributed by atoms with E-state index in [1.807, 2.05) is 24.3 Å². The zero-order valence-electron chi connectivity index (χ0n) is 15.1. The maximum absolute atomic E-state index is 12.5. The maximum atomic E-state index is 12.5. The predicted molar refractivity (Wildman–Crippen MR) is 108 cm³/mol. The van der Waals surface area contributed by atoms with Crippen LogP contribution in [0.15, 0.2) is 66.7 Å². The fraction of sp³-hybridized carbons (Fsp3) is 0.217. The van der Waals surface area contributed by atoms with Gasteiger partial charge >= 0.3 is 0 Å². The van der Waals surface area contributed by atoms with Crippen LogP contribution in [0.25, 0.3) is 10.8 Å². The van der Waals surface area contributed by atoms with Gasteiger partial charge in [0.15, 0.2) is 0 Å². The number of amides is 2. The second-order valence-electron chi connectivity index (χ2n) is 6.99. The lowest BCUT2D eigenvalue weighted by molar-refractivity contribution is -0.117. The Morgan fingerprint density at radius 1 is 0.926 bits per heavy atom. The van der Waals surface area contributed by atoms with Gasteiger partial charge in [0.25, 0.3) is 5.91 Å². The quantitative estimate of drug-likeness (QED) is 0.695. The van der Waals surface area contributed by atoms with Crippen molar-refractivity contribution in [2.45, 2.75) is 19.3 Å². The zero-order valence-corrected chi connectivity index (χ0v) is 15.1. The summed E-state index contributed by atoms with van der Waals surface area (Å²) in [4.78, 5) is 24.3. The molecule has 0 bridgehead atoms. The Morgan fingerprint density at radius 3 is 2.56 bits per heavy atom. The van der Waals surface area contributed by atoms with E-state index in [0.29, 0.717) is 17.8 Å². The molecule has 0 radical (unpaired) electrons. The van der Waals surface area contributed by atoms with Crippen molar-refractivity contribution in [2.24, 2.45) is 5.92 Å². The third-order valence-electron chi connectivity index (χ3n) is 4.90. The molecule has 136 valence electrons. The molecule has 4 heteroatoms. The van der Waals surface area contributed by atoms with Crippen molar-refractivity contribution in [1.82, 2.24) is 5.32 Å². The van der Waals surface area contributed by atoms with Gasteiger partial charge in [-0.05, 0) is 53.8 Å². The van der Waals surface area contributed by atoms with Gasteiger partial charge in [-0.3, -0.25) is 9.59 Å². The summed E-state index contributed by atoms with van der Waals surface area (Å²) >= 11 is 0. The SMILES string of the molecule is O=C(NCCc1cccc2ccccc12)c1cccc(NC(=O)C2CC2)c1. The van der Waals surface area contributed by atoms with Gasteiger partial charge in [-0.25, -0.2) is 0 Å². The van der Waals surface area contributed by atoms with Gasteiger partial charge in [0.2, 0.25) is 5.91 Å². The summed E-state index contributed by atoms with van der Waals surface area (Å²) in [5.41, 5.74) is 2.45. The molecule has 0 heterocycles. The molecule has 1 fully saturated rings. The highest BCUT2D eigenvalue weighted by Gasteiger charge is 2.29. The number of nitrogens with one attached hydrogen (secondary N) is 2. The Balaban J connectivity index is 1.37. The van der Waals surface area contributed by atoms with Gasteiger partial charge in [0.1, 0.15) is 0 Å². The molecule has 3 aromatic rings. The van der Waals surface area contributed by atoms with Crippen LogP contribution in [0.4, 0.5) is 5.69 Å². The minimum Gasteiger partial charge on any atom is -0.352 e. The highest BCUT2D eigenvalue weighted by molar-refractivity contribution is 5.98. The Bertz CT molecular complexity index is 987. The zero-order chi connectivity index (χ0) is 18.6. The summed E-state index contributed by atoms with van der Waals surface area (Å²) in [5, 5.41) is 8.29. The van der Waals surface area contributed by atoms with E-state index in [4.69, 9.17) is 0 Å². The Morgan fingerprint density at radius 2 is 1.70 bits per heavy atom. The Labute approximate surface area is 158 Å². The van der Waals surface area contributed by atoms with Crippen molar-refractivity contribution in [2.75, 3.05) is 11.9 Å². The monoisotopic (exact) mass is 358 g/mol. The minimum atomic E-state index is -0.127. The minimum absolute atomic E-state index is 0.0449. The first kappa shape index (κ1) is 17.3. The standard InChI is InChI=1S/C23H22N2O2/c26-22(19-8-4-9-20(15-19)25-23(27)18-11-12-18)24-14-13-17-7-3-6-16-5-1-2-10-21(16)17/h1-10,15,18H,11-14H2,(H,24,26)(H,25,27). The first-order chi connectivity index (χ1) is 13.2. The smallest absolute Gasteiger partial charge is 0.251 e. The van der Waals surface area contributed by atoms with Crippen LogP contribution < -0.4 is 10.6 Å². The Kier molecular flexibility index (Phi) is 4.88. The lowest BCUT2D eigenvalue weighted by atomic mass is 10.0. The molecule has 0 spiro atoms. The second kappa shape index (κ2) is 7.62. The number of benzene rings is 3. The molecule has 0 aliphatic heterocycles.